The molecule has 0 saturated carbocycles. The summed E-state index contributed by atoms with van der Waals surface area (Å²) < 4.78 is 13.9. The predicted octanol–water partition coefficient (Wildman–Crippen LogP) is 6.40. The smallest absolute Gasteiger partial charge is 0.159 e. The van der Waals surface area contributed by atoms with Crippen LogP contribution >= 0.6 is 0 Å². The maximum atomic E-state index is 13.9. The largest absolute Gasteiger partial charge is 0.336 e. The number of nitrogens with one attached hydrogen (secondary N) is 2. The van der Waals surface area contributed by atoms with Crippen LogP contribution in [0.25, 0.3) is 55.8 Å². The Morgan fingerprint density at radius 1 is 0.872 bits per heavy atom. The van der Waals surface area contributed by atoms with Crippen LogP contribution in [0.15, 0.2) is 73.2 Å². The molecule has 2 aromatic carbocycles. The predicted molar refractivity (Wildman–Crippen MR) is 152 cm³/mol. The number of pyridine rings is 2. The fraction of sp³-hybridized carbons (Fsp3) is 0.226. The van der Waals surface area contributed by atoms with Gasteiger partial charge in [-0.05, 0) is 92.8 Å². The molecule has 0 amide bonds. The van der Waals surface area contributed by atoms with E-state index in [1.165, 1.54) is 43.6 Å². The number of aryl methyl sites for hydroxylation is 1. The summed E-state index contributed by atoms with van der Waals surface area (Å²) >= 11 is 0. The van der Waals surface area contributed by atoms with Crippen LogP contribution in [-0.2, 0) is 6.42 Å². The lowest BCUT2D eigenvalue weighted by molar-refractivity contribution is 0.334. The summed E-state index contributed by atoms with van der Waals surface area (Å²) in [5, 5.41) is 8.69. The molecule has 39 heavy (non-hydrogen) atoms. The zero-order chi connectivity index (χ0) is 26.2. The summed E-state index contributed by atoms with van der Waals surface area (Å²) in [6, 6.07) is 16.8. The van der Waals surface area contributed by atoms with Crippen LogP contribution in [-0.4, -0.2) is 54.7 Å². The fourth-order valence-electron chi connectivity index (χ4n) is 5.56. The van der Waals surface area contributed by atoms with Crippen molar-refractivity contribution >= 4 is 21.9 Å². The summed E-state index contributed by atoms with van der Waals surface area (Å²) in [5.74, 6) is 0.325. The summed E-state index contributed by atoms with van der Waals surface area (Å²) in [7, 11) is 0. The van der Waals surface area contributed by atoms with Crippen molar-refractivity contribution in [3.8, 4) is 33.9 Å². The Labute approximate surface area is 225 Å². The van der Waals surface area contributed by atoms with E-state index < -0.39 is 0 Å². The molecule has 0 aliphatic carbocycles. The molecule has 1 aliphatic heterocycles. The second-order valence-corrected chi connectivity index (χ2v) is 10.2. The molecule has 0 radical (unpaired) electrons. The number of aromatic amines is 2. The van der Waals surface area contributed by atoms with Gasteiger partial charge < -0.3 is 9.88 Å². The molecular formula is C31H28FN7. The minimum Gasteiger partial charge on any atom is -0.336 e. The van der Waals surface area contributed by atoms with Gasteiger partial charge in [0.15, 0.2) is 5.82 Å². The number of nitrogens with zero attached hydrogens (tertiary/aromatic N) is 5. The highest BCUT2D eigenvalue weighted by molar-refractivity contribution is 5.97. The number of hydrogen-bond donors (Lipinski definition) is 2. The van der Waals surface area contributed by atoms with Crippen molar-refractivity contribution in [2.75, 3.05) is 19.6 Å². The van der Waals surface area contributed by atoms with Crippen molar-refractivity contribution in [1.29, 1.82) is 0 Å². The molecule has 0 bridgehead atoms. The molecule has 0 spiro atoms. The average Bonchev–Trinajstić information content (AvgIpc) is 3.72. The zero-order valence-electron chi connectivity index (χ0n) is 21.5. The molecule has 7 rings (SSSR count). The average molecular weight is 518 g/mol. The Kier molecular flexibility index (Phi) is 6.09. The van der Waals surface area contributed by atoms with Crippen LogP contribution in [0.2, 0.25) is 0 Å². The first-order valence-corrected chi connectivity index (χ1v) is 13.5. The lowest BCUT2D eigenvalue weighted by atomic mass is 10.0. The SMILES string of the molecule is Fc1cccc(-c2nccc3[nH]c(-c4n[nH]c5ccc(-c6cncc(CCCN7CCCC7)c6)cc45)nc23)c1. The minimum atomic E-state index is -0.307. The van der Waals surface area contributed by atoms with Crippen molar-refractivity contribution in [2.24, 2.45) is 0 Å². The van der Waals surface area contributed by atoms with Crippen molar-refractivity contribution in [2.45, 2.75) is 25.7 Å². The maximum Gasteiger partial charge on any atom is 0.159 e. The molecule has 5 heterocycles. The second kappa shape index (κ2) is 10.0. The molecular weight excluding hydrogens is 489 g/mol. The Bertz CT molecular complexity index is 1780. The number of H-pyrrole nitrogens is 2. The van der Waals surface area contributed by atoms with E-state index in [4.69, 9.17) is 4.98 Å². The van der Waals surface area contributed by atoms with Crippen LogP contribution in [0.1, 0.15) is 24.8 Å². The van der Waals surface area contributed by atoms with Crippen LogP contribution in [0, 0.1) is 5.82 Å². The molecule has 1 aliphatic rings. The topological polar surface area (TPSA) is 86.4 Å². The number of aromatic nitrogens is 6. The lowest BCUT2D eigenvalue weighted by Gasteiger charge is -2.14. The summed E-state index contributed by atoms with van der Waals surface area (Å²) in [4.78, 5) is 19.8. The Morgan fingerprint density at radius 2 is 1.79 bits per heavy atom. The van der Waals surface area contributed by atoms with Gasteiger partial charge in [0.05, 0.1) is 16.7 Å². The Hall–Kier alpha value is -4.43. The van der Waals surface area contributed by atoms with Gasteiger partial charge in [0.2, 0.25) is 0 Å². The van der Waals surface area contributed by atoms with E-state index >= 15 is 0 Å². The van der Waals surface area contributed by atoms with E-state index in [2.05, 4.69) is 48.2 Å². The first kappa shape index (κ1) is 23.7. The quantitative estimate of drug-likeness (QED) is 0.256. The van der Waals surface area contributed by atoms with E-state index in [1.54, 1.807) is 12.3 Å². The van der Waals surface area contributed by atoms with Crippen LogP contribution in [0.3, 0.4) is 0 Å². The highest BCUT2D eigenvalue weighted by Gasteiger charge is 2.17. The van der Waals surface area contributed by atoms with Crippen molar-refractivity contribution in [3.63, 3.8) is 0 Å². The highest BCUT2D eigenvalue weighted by atomic mass is 19.1. The molecule has 1 saturated heterocycles. The van der Waals surface area contributed by atoms with Gasteiger partial charge in [-0.15, -0.1) is 0 Å². The van der Waals surface area contributed by atoms with Crippen molar-refractivity contribution < 1.29 is 4.39 Å². The second-order valence-electron chi connectivity index (χ2n) is 10.2. The number of halogens is 1. The molecule has 0 unspecified atom stereocenters. The van der Waals surface area contributed by atoms with E-state index in [9.17, 15) is 4.39 Å². The van der Waals surface area contributed by atoms with Gasteiger partial charge in [0.1, 0.15) is 17.0 Å². The van der Waals surface area contributed by atoms with Crippen molar-refractivity contribution in [3.05, 3.63) is 84.6 Å². The molecule has 0 atom stereocenters. The summed E-state index contributed by atoms with van der Waals surface area (Å²) in [6.07, 6.45) is 10.4. The first-order valence-electron chi connectivity index (χ1n) is 13.5. The Balaban J connectivity index is 1.20. The summed E-state index contributed by atoms with van der Waals surface area (Å²) in [6.45, 7) is 3.63. The minimum absolute atomic E-state index is 0.307. The standard InChI is InChI=1S/C31H28FN7/c32-24-7-3-6-22(16-24)28-30-27(10-11-34-28)35-31(36-30)29-25-17-21(8-9-26(25)37-38-29)23-15-20(18-33-19-23)5-4-14-39-12-1-2-13-39/h3,6-11,15-19H,1-2,4-5,12-14H2,(H,35,36)(H,37,38). The third-order valence-corrected chi connectivity index (χ3v) is 7.55. The van der Waals surface area contributed by atoms with Crippen LogP contribution in [0.4, 0.5) is 4.39 Å². The molecule has 8 heteroatoms. The van der Waals surface area contributed by atoms with Crippen LogP contribution in [0.5, 0.6) is 0 Å². The van der Waals surface area contributed by atoms with Gasteiger partial charge in [-0.2, -0.15) is 5.10 Å². The highest BCUT2D eigenvalue weighted by Crippen LogP contribution is 2.32. The monoisotopic (exact) mass is 517 g/mol. The van der Waals surface area contributed by atoms with E-state index in [1.807, 2.05) is 30.6 Å². The molecule has 6 aromatic rings. The molecule has 1 fully saturated rings. The zero-order valence-corrected chi connectivity index (χ0v) is 21.5. The lowest BCUT2D eigenvalue weighted by Crippen LogP contribution is -2.20. The third-order valence-electron chi connectivity index (χ3n) is 7.55. The van der Waals surface area contributed by atoms with Gasteiger partial charge >= 0.3 is 0 Å². The Morgan fingerprint density at radius 3 is 2.69 bits per heavy atom. The number of rotatable bonds is 7. The van der Waals surface area contributed by atoms with Gasteiger partial charge in [-0.1, -0.05) is 18.2 Å². The number of fused-ring (bicyclic) bond motifs is 2. The fourth-order valence-corrected chi connectivity index (χ4v) is 5.56. The normalized spacial score (nSPS) is 14.1. The van der Waals surface area contributed by atoms with Gasteiger partial charge in [0.25, 0.3) is 0 Å². The van der Waals surface area contributed by atoms with Gasteiger partial charge in [-0.25, -0.2) is 9.37 Å². The first-order chi connectivity index (χ1) is 19.2. The van der Waals surface area contributed by atoms with Crippen molar-refractivity contribution in [1.82, 2.24) is 35.0 Å². The van der Waals surface area contributed by atoms with E-state index in [0.717, 1.165) is 52.6 Å². The number of hydrogen-bond acceptors (Lipinski definition) is 5. The third kappa shape index (κ3) is 4.68. The van der Waals surface area contributed by atoms with Crippen LogP contribution < -0.4 is 0 Å². The number of benzene rings is 2. The number of likely N-dealkylation sites (tertiary alicyclic amines) is 1. The van der Waals surface area contributed by atoms with Gasteiger partial charge in [-0.3, -0.25) is 15.1 Å². The van der Waals surface area contributed by atoms with E-state index in [-0.39, 0.29) is 5.82 Å². The molecule has 2 N–H and O–H groups in total. The maximum absolute atomic E-state index is 13.9. The molecule has 194 valence electrons. The van der Waals surface area contributed by atoms with Gasteiger partial charge in [0, 0.05) is 35.1 Å². The summed E-state index contributed by atoms with van der Waals surface area (Å²) in [5.41, 5.74) is 7.88. The van der Waals surface area contributed by atoms with E-state index in [0.29, 0.717) is 22.6 Å². The molecule has 7 nitrogen and oxygen atoms in total. The number of imidazole rings is 1. The molecule has 4 aromatic heterocycles.